The standard InChI is InChI=1S/C24H23N5O3S/c30-33(31,22-6-1-2-10-26-22)24(8-9-24)20-16-21(29-12-14-32-15-13-29)28-23(27-20)18-4-3-5-19-17(18)7-11-25-19/h1-7,10-11,16,25H,8-9,12-15H2. The Labute approximate surface area is 191 Å². The highest BCUT2D eigenvalue weighted by Crippen LogP contribution is 2.54. The molecule has 1 saturated carbocycles. The highest BCUT2D eigenvalue weighted by molar-refractivity contribution is 7.92. The van der Waals surface area contributed by atoms with E-state index in [-0.39, 0.29) is 5.03 Å². The number of sulfone groups is 1. The molecule has 1 aliphatic carbocycles. The Kier molecular flexibility index (Phi) is 4.70. The van der Waals surface area contributed by atoms with Gasteiger partial charge < -0.3 is 14.6 Å². The topological polar surface area (TPSA) is 101 Å². The van der Waals surface area contributed by atoms with Crippen LogP contribution < -0.4 is 4.90 Å². The molecule has 0 radical (unpaired) electrons. The van der Waals surface area contributed by atoms with Gasteiger partial charge in [-0.25, -0.2) is 23.4 Å². The lowest BCUT2D eigenvalue weighted by molar-refractivity contribution is 0.122. The van der Waals surface area contributed by atoms with E-state index < -0.39 is 14.6 Å². The van der Waals surface area contributed by atoms with E-state index in [1.165, 1.54) is 6.20 Å². The van der Waals surface area contributed by atoms with Crippen molar-refractivity contribution >= 4 is 26.6 Å². The van der Waals surface area contributed by atoms with Crippen molar-refractivity contribution in [2.24, 2.45) is 0 Å². The molecule has 6 rings (SSSR count). The average Bonchev–Trinajstić information content (AvgIpc) is 3.56. The lowest BCUT2D eigenvalue weighted by Gasteiger charge is -2.29. The molecule has 1 saturated heterocycles. The van der Waals surface area contributed by atoms with Crippen LogP contribution in [0.5, 0.6) is 0 Å². The second-order valence-electron chi connectivity index (χ2n) is 8.44. The SMILES string of the molecule is O=S(=O)(c1ccccn1)C1(c2cc(N3CCOCC3)nc(-c3cccc4[nH]ccc34)n2)CC1. The lowest BCUT2D eigenvalue weighted by atomic mass is 10.1. The van der Waals surface area contributed by atoms with Gasteiger partial charge in [0, 0.05) is 48.0 Å². The number of nitrogens with zero attached hydrogens (tertiary/aromatic N) is 4. The summed E-state index contributed by atoms with van der Waals surface area (Å²) in [5.41, 5.74) is 2.39. The number of benzene rings is 1. The smallest absolute Gasteiger partial charge is 0.206 e. The highest BCUT2D eigenvalue weighted by Gasteiger charge is 2.58. The Morgan fingerprint density at radius 3 is 2.61 bits per heavy atom. The van der Waals surface area contributed by atoms with E-state index in [0.29, 0.717) is 50.7 Å². The van der Waals surface area contributed by atoms with E-state index in [4.69, 9.17) is 14.7 Å². The number of rotatable bonds is 5. The Hall–Kier alpha value is -3.30. The van der Waals surface area contributed by atoms with Crippen molar-refractivity contribution in [3.63, 3.8) is 0 Å². The number of ether oxygens (including phenoxy) is 1. The predicted molar refractivity (Wildman–Crippen MR) is 125 cm³/mol. The Morgan fingerprint density at radius 1 is 1.00 bits per heavy atom. The van der Waals surface area contributed by atoms with Gasteiger partial charge in [-0.2, -0.15) is 0 Å². The van der Waals surface area contributed by atoms with Crippen LogP contribution in [0.15, 0.2) is 66.0 Å². The Morgan fingerprint density at radius 2 is 1.85 bits per heavy atom. The normalized spacial score (nSPS) is 17.9. The van der Waals surface area contributed by atoms with Crippen molar-refractivity contribution in [2.45, 2.75) is 22.6 Å². The van der Waals surface area contributed by atoms with Gasteiger partial charge in [-0.1, -0.05) is 18.2 Å². The molecule has 168 valence electrons. The quantitative estimate of drug-likeness (QED) is 0.486. The molecule has 8 nitrogen and oxygen atoms in total. The maximum Gasteiger partial charge on any atom is 0.206 e. The molecular weight excluding hydrogens is 438 g/mol. The summed E-state index contributed by atoms with van der Waals surface area (Å²) >= 11 is 0. The molecule has 3 aromatic heterocycles. The first-order chi connectivity index (χ1) is 16.1. The molecule has 1 aromatic carbocycles. The van der Waals surface area contributed by atoms with Gasteiger partial charge in [0.2, 0.25) is 9.84 Å². The average molecular weight is 462 g/mol. The molecular formula is C24H23N5O3S. The number of morpholine rings is 1. The van der Waals surface area contributed by atoms with Crippen molar-refractivity contribution in [3.8, 4) is 11.4 Å². The van der Waals surface area contributed by atoms with Crippen LogP contribution in [-0.4, -0.2) is 54.7 Å². The van der Waals surface area contributed by atoms with Crippen LogP contribution in [0.4, 0.5) is 5.82 Å². The number of aromatic nitrogens is 4. The summed E-state index contributed by atoms with van der Waals surface area (Å²) in [5.74, 6) is 1.26. The number of hydrogen-bond donors (Lipinski definition) is 1. The Bertz CT molecular complexity index is 1430. The van der Waals surface area contributed by atoms with Crippen molar-refractivity contribution in [3.05, 3.63) is 66.6 Å². The zero-order valence-electron chi connectivity index (χ0n) is 17.9. The van der Waals surface area contributed by atoms with Gasteiger partial charge in [-0.3, -0.25) is 0 Å². The van der Waals surface area contributed by atoms with E-state index in [0.717, 1.165) is 22.3 Å². The minimum Gasteiger partial charge on any atom is -0.378 e. The monoisotopic (exact) mass is 461 g/mol. The second kappa shape index (κ2) is 7.64. The number of anilines is 1. The van der Waals surface area contributed by atoms with Crippen LogP contribution in [0.1, 0.15) is 18.5 Å². The zero-order chi connectivity index (χ0) is 22.5. The number of fused-ring (bicyclic) bond motifs is 1. The van der Waals surface area contributed by atoms with Crippen LogP contribution in [0.2, 0.25) is 0 Å². The minimum absolute atomic E-state index is 0.0864. The van der Waals surface area contributed by atoms with Gasteiger partial charge >= 0.3 is 0 Å². The maximum absolute atomic E-state index is 13.7. The van der Waals surface area contributed by atoms with Gasteiger partial charge in [0.1, 0.15) is 10.6 Å². The second-order valence-corrected chi connectivity index (χ2v) is 10.7. The molecule has 0 unspecified atom stereocenters. The summed E-state index contributed by atoms with van der Waals surface area (Å²) in [6.45, 7) is 2.62. The van der Waals surface area contributed by atoms with E-state index >= 15 is 0 Å². The van der Waals surface area contributed by atoms with E-state index in [1.54, 1.807) is 18.2 Å². The molecule has 4 aromatic rings. The van der Waals surface area contributed by atoms with Gasteiger partial charge in [0.25, 0.3) is 0 Å². The third-order valence-electron chi connectivity index (χ3n) is 6.48. The first-order valence-corrected chi connectivity index (χ1v) is 12.5. The van der Waals surface area contributed by atoms with Crippen LogP contribution in [-0.2, 0) is 19.3 Å². The van der Waals surface area contributed by atoms with Crippen LogP contribution in [0, 0.1) is 0 Å². The molecule has 0 atom stereocenters. The first kappa shape index (κ1) is 20.3. The van der Waals surface area contributed by atoms with E-state index in [9.17, 15) is 8.42 Å². The van der Waals surface area contributed by atoms with Crippen molar-refractivity contribution < 1.29 is 13.2 Å². The third kappa shape index (κ3) is 3.30. The molecule has 1 aliphatic heterocycles. The van der Waals surface area contributed by atoms with Gasteiger partial charge in [0.05, 0.1) is 18.9 Å². The third-order valence-corrected chi connectivity index (χ3v) is 8.92. The molecule has 2 aliphatic rings. The summed E-state index contributed by atoms with van der Waals surface area (Å²) in [7, 11) is -3.71. The molecule has 4 heterocycles. The zero-order valence-corrected chi connectivity index (χ0v) is 18.8. The number of hydrogen-bond acceptors (Lipinski definition) is 7. The van der Waals surface area contributed by atoms with Crippen molar-refractivity contribution in [1.82, 2.24) is 19.9 Å². The predicted octanol–water partition coefficient (Wildman–Crippen LogP) is 3.32. The minimum atomic E-state index is -3.71. The molecule has 9 heteroatoms. The number of pyridine rings is 1. The maximum atomic E-state index is 13.7. The highest BCUT2D eigenvalue weighted by atomic mass is 32.2. The largest absolute Gasteiger partial charge is 0.378 e. The molecule has 0 bridgehead atoms. The molecule has 0 spiro atoms. The molecule has 1 N–H and O–H groups in total. The first-order valence-electron chi connectivity index (χ1n) is 11.0. The summed E-state index contributed by atoms with van der Waals surface area (Å²) in [4.78, 5) is 19.3. The fraction of sp³-hybridized carbons (Fsp3) is 0.292. The molecule has 2 fully saturated rings. The summed E-state index contributed by atoms with van der Waals surface area (Å²) in [6, 6.07) is 14.7. The van der Waals surface area contributed by atoms with Crippen LogP contribution in [0.25, 0.3) is 22.3 Å². The fourth-order valence-electron chi connectivity index (χ4n) is 4.51. The van der Waals surface area contributed by atoms with E-state index in [2.05, 4.69) is 14.9 Å². The van der Waals surface area contributed by atoms with Gasteiger partial charge in [-0.15, -0.1) is 0 Å². The number of H-pyrrole nitrogens is 1. The number of aromatic amines is 1. The van der Waals surface area contributed by atoms with Crippen molar-refractivity contribution in [1.29, 1.82) is 0 Å². The van der Waals surface area contributed by atoms with Crippen LogP contribution >= 0.6 is 0 Å². The summed E-state index contributed by atoms with van der Waals surface area (Å²) in [5, 5.41) is 1.09. The Balaban J connectivity index is 1.54. The van der Waals surface area contributed by atoms with Crippen molar-refractivity contribution in [2.75, 3.05) is 31.2 Å². The van der Waals surface area contributed by atoms with E-state index in [1.807, 2.05) is 36.5 Å². The lowest BCUT2D eigenvalue weighted by Crippen LogP contribution is -2.37. The number of nitrogens with one attached hydrogen (secondary N) is 1. The van der Waals surface area contributed by atoms with Gasteiger partial charge in [-0.05, 0) is 37.1 Å². The molecule has 33 heavy (non-hydrogen) atoms. The summed E-state index contributed by atoms with van der Waals surface area (Å²) in [6.07, 6.45) is 4.42. The molecule has 0 amide bonds. The van der Waals surface area contributed by atoms with Gasteiger partial charge in [0.15, 0.2) is 10.9 Å². The van der Waals surface area contributed by atoms with Crippen LogP contribution in [0.3, 0.4) is 0 Å². The summed E-state index contributed by atoms with van der Waals surface area (Å²) < 4.78 is 31.8. The fourth-order valence-corrected chi connectivity index (χ4v) is 6.38.